The maximum Gasteiger partial charge on any atom is 0.344 e. The van der Waals surface area contributed by atoms with Crippen LogP contribution in [0, 0.1) is 10.1 Å². The Morgan fingerprint density at radius 1 is 1.63 bits per heavy atom. The van der Waals surface area contributed by atoms with Crippen molar-refractivity contribution in [3.8, 4) is 0 Å². The van der Waals surface area contributed by atoms with Gasteiger partial charge in [0.15, 0.2) is 0 Å². The summed E-state index contributed by atoms with van der Waals surface area (Å²) in [6.45, 7) is 0. The van der Waals surface area contributed by atoms with Crippen LogP contribution in [-0.2, 0) is 4.74 Å². The first kappa shape index (κ1) is 15.4. The van der Waals surface area contributed by atoms with Gasteiger partial charge in [-0.15, -0.1) is 11.6 Å². The van der Waals surface area contributed by atoms with Crippen molar-refractivity contribution in [2.75, 3.05) is 13.0 Å². The normalized spacial score (nSPS) is 11.2. The van der Waals surface area contributed by atoms with Gasteiger partial charge in [0, 0.05) is 6.07 Å². The highest BCUT2D eigenvalue weighted by Crippen LogP contribution is 2.33. The molecule has 0 aliphatic heterocycles. The molecule has 9 heteroatoms. The van der Waals surface area contributed by atoms with Gasteiger partial charge in [-0.1, -0.05) is 0 Å². The van der Waals surface area contributed by atoms with Crippen molar-refractivity contribution >= 4 is 50.7 Å². The summed E-state index contributed by atoms with van der Waals surface area (Å²) in [6, 6.07) is 2.38. The van der Waals surface area contributed by atoms with Crippen LogP contribution in [0.3, 0.4) is 0 Å². The first-order chi connectivity index (χ1) is 8.90. The Morgan fingerprint density at radius 2 is 2.26 bits per heavy atom. The largest absolute Gasteiger partial charge is 0.465 e. The van der Waals surface area contributed by atoms with Gasteiger partial charge in [0.2, 0.25) is 0 Å². The molecule has 1 aromatic carbocycles. The van der Waals surface area contributed by atoms with Crippen LogP contribution in [-0.4, -0.2) is 29.7 Å². The maximum absolute atomic E-state index is 11.5. The van der Waals surface area contributed by atoms with Crippen molar-refractivity contribution in [1.29, 1.82) is 0 Å². The van der Waals surface area contributed by atoms with Crippen LogP contribution in [0.15, 0.2) is 21.6 Å². The summed E-state index contributed by atoms with van der Waals surface area (Å²) in [7, 11) is 1.13. The van der Waals surface area contributed by atoms with Gasteiger partial charge >= 0.3 is 5.97 Å². The number of nitro benzene ring substituents is 1. The minimum atomic E-state index is -0.833. The summed E-state index contributed by atoms with van der Waals surface area (Å²) in [5.74, 6) is -0.719. The van der Waals surface area contributed by atoms with Gasteiger partial charge in [0.05, 0.1) is 28.1 Å². The van der Waals surface area contributed by atoms with Crippen molar-refractivity contribution < 1.29 is 14.5 Å². The Hall–Kier alpha value is -1.67. The Balaban J connectivity index is 3.46. The average molecular weight is 351 g/mol. The second-order valence-electron chi connectivity index (χ2n) is 3.31. The molecule has 7 nitrogen and oxygen atoms in total. The van der Waals surface area contributed by atoms with Crippen molar-refractivity contribution in [3.05, 3.63) is 32.3 Å². The van der Waals surface area contributed by atoms with Gasteiger partial charge in [-0.25, -0.2) is 9.79 Å². The molecule has 0 amide bonds. The van der Waals surface area contributed by atoms with E-state index in [0.29, 0.717) is 4.47 Å². The standard InChI is InChI=1S/C10H9BrClN3O4/c1-19-10(16)5-2-7(14-9(13)4-12)6(11)3-8(5)15(17)18/h2-3H,4H2,1H3,(H2,13,14). The van der Waals surface area contributed by atoms with Crippen LogP contribution in [0.5, 0.6) is 0 Å². The summed E-state index contributed by atoms with van der Waals surface area (Å²) < 4.78 is 4.81. The number of alkyl halides is 1. The van der Waals surface area contributed by atoms with Crippen LogP contribution in [0.1, 0.15) is 10.4 Å². The topological polar surface area (TPSA) is 108 Å². The number of benzene rings is 1. The molecule has 0 saturated heterocycles. The molecule has 0 aliphatic rings. The third-order valence-electron chi connectivity index (χ3n) is 2.07. The number of nitrogens with two attached hydrogens (primary N) is 1. The van der Waals surface area contributed by atoms with E-state index >= 15 is 0 Å². The molecule has 0 aromatic heterocycles. The van der Waals surface area contributed by atoms with E-state index in [2.05, 4.69) is 25.7 Å². The molecule has 0 unspecified atom stereocenters. The highest BCUT2D eigenvalue weighted by atomic mass is 79.9. The van der Waals surface area contributed by atoms with Crippen LogP contribution < -0.4 is 5.73 Å². The number of aliphatic imine (C=N–C) groups is 1. The molecule has 1 rings (SSSR count). The molecular weight excluding hydrogens is 341 g/mol. The Kier molecular flexibility index (Phi) is 5.25. The Labute approximate surface area is 121 Å². The number of methoxy groups -OCH3 is 1. The summed E-state index contributed by atoms with van der Waals surface area (Å²) >= 11 is 8.61. The minimum Gasteiger partial charge on any atom is -0.465 e. The molecule has 0 bridgehead atoms. The molecule has 0 spiro atoms. The lowest BCUT2D eigenvalue weighted by Crippen LogP contribution is -2.12. The molecule has 1 aromatic rings. The zero-order valence-electron chi connectivity index (χ0n) is 9.72. The zero-order valence-corrected chi connectivity index (χ0v) is 12.1. The second-order valence-corrected chi connectivity index (χ2v) is 4.43. The van der Waals surface area contributed by atoms with Crippen molar-refractivity contribution in [1.82, 2.24) is 0 Å². The molecule has 2 N–H and O–H groups in total. The highest BCUT2D eigenvalue weighted by Gasteiger charge is 2.23. The SMILES string of the molecule is COC(=O)c1cc(N=C(N)CCl)c(Br)cc1[N+](=O)[O-]. The first-order valence-electron chi connectivity index (χ1n) is 4.86. The van der Waals surface area contributed by atoms with E-state index in [1.165, 1.54) is 6.07 Å². The number of hydrogen-bond acceptors (Lipinski definition) is 5. The van der Waals surface area contributed by atoms with Crippen LogP contribution in [0.25, 0.3) is 0 Å². The number of ether oxygens (including phenoxy) is 1. The lowest BCUT2D eigenvalue weighted by molar-refractivity contribution is -0.385. The van der Waals surface area contributed by atoms with Gasteiger partial charge < -0.3 is 10.5 Å². The number of rotatable bonds is 4. The van der Waals surface area contributed by atoms with Gasteiger partial charge in [0.1, 0.15) is 11.4 Å². The number of nitrogens with zero attached hydrogens (tertiary/aromatic N) is 2. The van der Waals surface area contributed by atoms with Crippen molar-refractivity contribution in [3.63, 3.8) is 0 Å². The van der Waals surface area contributed by atoms with E-state index in [1.54, 1.807) is 0 Å². The Morgan fingerprint density at radius 3 is 2.74 bits per heavy atom. The molecule has 0 atom stereocenters. The van der Waals surface area contributed by atoms with Gasteiger partial charge in [-0.3, -0.25) is 10.1 Å². The van der Waals surface area contributed by atoms with Crippen LogP contribution >= 0.6 is 27.5 Å². The molecule has 0 fully saturated rings. The van der Waals surface area contributed by atoms with Crippen LogP contribution in [0.4, 0.5) is 11.4 Å². The monoisotopic (exact) mass is 349 g/mol. The maximum atomic E-state index is 11.5. The van der Waals surface area contributed by atoms with E-state index < -0.39 is 10.9 Å². The molecule has 0 radical (unpaired) electrons. The van der Waals surface area contributed by atoms with Gasteiger partial charge in [-0.05, 0) is 22.0 Å². The van der Waals surface area contributed by atoms with Gasteiger partial charge in [-0.2, -0.15) is 0 Å². The highest BCUT2D eigenvalue weighted by molar-refractivity contribution is 9.10. The van der Waals surface area contributed by atoms with Gasteiger partial charge in [0.25, 0.3) is 5.69 Å². The number of hydrogen-bond donors (Lipinski definition) is 1. The lowest BCUT2D eigenvalue weighted by atomic mass is 10.1. The number of halogens is 2. The summed E-state index contributed by atoms with van der Waals surface area (Å²) in [5.41, 5.74) is 5.13. The number of nitro groups is 1. The number of amidine groups is 1. The van der Waals surface area contributed by atoms with E-state index in [4.69, 9.17) is 17.3 Å². The Bertz CT molecular complexity index is 562. The predicted octanol–water partition coefficient (Wildman–Crippen LogP) is 2.37. The molecule has 0 heterocycles. The molecule has 0 saturated carbocycles. The molecule has 102 valence electrons. The van der Waals surface area contributed by atoms with E-state index in [-0.39, 0.29) is 28.7 Å². The quantitative estimate of drug-likeness (QED) is 0.224. The molecular formula is C10H9BrClN3O4. The number of esters is 1. The number of carbonyl (C=O) groups is 1. The predicted molar refractivity (Wildman–Crippen MR) is 74.1 cm³/mol. The summed E-state index contributed by atoms with van der Waals surface area (Å²) in [4.78, 5) is 25.6. The van der Waals surface area contributed by atoms with Crippen molar-refractivity contribution in [2.45, 2.75) is 0 Å². The van der Waals surface area contributed by atoms with E-state index in [1.807, 2.05) is 0 Å². The summed E-state index contributed by atoms with van der Waals surface area (Å²) in [5, 5.41) is 10.9. The lowest BCUT2D eigenvalue weighted by Gasteiger charge is -2.05. The third kappa shape index (κ3) is 3.65. The molecule has 0 aliphatic carbocycles. The minimum absolute atomic E-state index is 0.00299. The smallest absolute Gasteiger partial charge is 0.344 e. The second kappa shape index (κ2) is 6.48. The van der Waals surface area contributed by atoms with Crippen LogP contribution in [0.2, 0.25) is 0 Å². The fourth-order valence-corrected chi connectivity index (χ4v) is 1.73. The molecule has 19 heavy (non-hydrogen) atoms. The zero-order chi connectivity index (χ0) is 14.6. The van der Waals surface area contributed by atoms with E-state index in [9.17, 15) is 14.9 Å². The fourth-order valence-electron chi connectivity index (χ4n) is 1.25. The third-order valence-corrected chi connectivity index (χ3v) is 2.98. The first-order valence-corrected chi connectivity index (χ1v) is 6.18. The fraction of sp³-hybridized carbons (Fsp3) is 0.200. The van der Waals surface area contributed by atoms with Crippen molar-refractivity contribution in [2.24, 2.45) is 10.7 Å². The number of carbonyl (C=O) groups excluding carboxylic acids is 1. The summed E-state index contributed by atoms with van der Waals surface area (Å²) in [6.07, 6.45) is 0. The van der Waals surface area contributed by atoms with E-state index in [0.717, 1.165) is 13.2 Å². The average Bonchev–Trinajstić information content (AvgIpc) is 2.39.